The summed E-state index contributed by atoms with van der Waals surface area (Å²) in [5.41, 5.74) is 0. The molecule has 98 valence electrons. The van der Waals surface area contributed by atoms with Crippen molar-refractivity contribution in [3.05, 3.63) is 24.3 Å². The van der Waals surface area contributed by atoms with Gasteiger partial charge in [0.15, 0.2) is 0 Å². The summed E-state index contributed by atoms with van der Waals surface area (Å²) < 4.78 is 0. The van der Waals surface area contributed by atoms with Gasteiger partial charge < -0.3 is 0 Å². The number of allylic oxidation sites excluding steroid dienone is 4. The maximum atomic E-state index is 2.50. The van der Waals surface area contributed by atoms with Gasteiger partial charge in [-0.3, -0.25) is 0 Å². The third kappa shape index (κ3) is 6.10. The molecule has 17 heavy (non-hydrogen) atoms. The molecule has 1 rings (SSSR count). The van der Waals surface area contributed by atoms with Crippen LogP contribution >= 0.6 is 0 Å². The second kappa shape index (κ2) is 9.50. The van der Waals surface area contributed by atoms with E-state index in [1.165, 1.54) is 57.8 Å². The Morgan fingerprint density at radius 3 is 2.59 bits per heavy atom. The van der Waals surface area contributed by atoms with Crippen LogP contribution in [0.25, 0.3) is 0 Å². The number of hydrogen-bond acceptors (Lipinski definition) is 0. The van der Waals surface area contributed by atoms with E-state index in [0.717, 1.165) is 11.8 Å². The fraction of sp³-hybridized carbons (Fsp3) is 0.765. The second-order valence-corrected chi connectivity index (χ2v) is 5.42. The summed E-state index contributed by atoms with van der Waals surface area (Å²) in [5.74, 6) is 1.80. The van der Waals surface area contributed by atoms with Gasteiger partial charge in [0.2, 0.25) is 0 Å². The van der Waals surface area contributed by atoms with Gasteiger partial charge >= 0.3 is 0 Å². The fourth-order valence-corrected chi connectivity index (χ4v) is 2.76. The molecule has 2 atom stereocenters. The summed E-state index contributed by atoms with van der Waals surface area (Å²) in [6, 6.07) is 0. The van der Waals surface area contributed by atoms with Crippen LogP contribution in [0.3, 0.4) is 0 Å². The minimum Gasteiger partial charge on any atom is -0.0885 e. The van der Waals surface area contributed by atoms with Crippen molar-refractivity contribution in [1.29, 1.82) is 0 Å². The molecule has 0 amide bonds. The van der Waals surface area contributed by atoms with Gasteiger partial charge in [0.25, 0.3) is 0 Å². The van der Waals surface area contributed by atoms with Crippen LogP contribution in [0.5, 0.6) is 0 Å². The van der Waals surface area contributed by atoms with Crippen LogP contribution in [-0.4, -0.2) is 0 Å². The Balaban J connectivity index is 2.24. The van der Waals surface area contributed by atoms with E-state index in [9.17, 15) is 0 Å². The summed E-state index contributed by atoms with van der Waals surface area (Å²) >= 11 is 0. The lowest BCUT2D eigenvalue weighted by molar-refractivity contribution is 0.463. The van der Waals surface area contributed by atoms with Crippen molar-refractivity contribution in [3.8, 4) is 0 Å². The van der Waals surface area contributed by atoms with Crippen molar-refractivity contribution < 1.29 is 0 Å². The van der Waals surface area contributed by atoms with Gasteiger partial charge in [-0.05, 0) is 43.9 Å². The lowest BCUT2D eigenvalue weighted by atomic mass is 9.92. The molecule has 0 spiro atoms. The molecule has 0 saturated heterocycles. The number of unbranched alkanes of at least 4 members (excludes halogenated alkanes) is 3. The van der Waals surface area contributed by atoms with Crippen LogP contribution in [0.15, 0.2) is 24.3 Å². The summed E-state index contributed by atoms with van der Waals surface area (Å²) in [6.07, 6.45) is 21.8. The van der Waals surface area contributed by atoms with E-state index in [0.29, 0.717) is 0 Å². The van der Waals surface area contributed by atoms with Gasteiger partial charge in [0.05, 0.1) is 0 Å². The highest BCUT2D eigenvalue weighted by Crippen LogP contribution is 2.35. The molecule has 0 aromatic carbocycles. The predicted molar refractivity (Wildman–Crippen MR) is 78.2 cm³/mol. The summed E-state index contributed by atoms with van der Waals surface area (Å²) in [7, 11) is 0. The van der Waals surface area contributed by atoms with Crippen molar-refractivity contribution >= 4 is 0 Å². The average Bonchev–Trinajstić information content (AvgIpc) is 2.77. The van der Waals surface area contributed by atoms with Crippen LogP contribution in [0.1, 0.15) is 71.6 Å². The molecule has 0 heterocycles. The molecule has 0 unspecified atom stereocenters. The third-order valence-corrected chi connectivity index (χ3v) is 3.89. The van der Waals surface area contributed by atoms with Crippen LogP contribution < -0.4 is 0 Å². The van der Waals surface area contributed by atoms with E-state index in [1.54, 1.807) is 0 Å². The smallest absolute Gasteiger partial charge is 0.0202 e. The zero-order valence-corrected chi connectivity index (χ0v) is 11.8. The van der Waals surface area contributed by atoms with Crippen molar-refractivity contribution in [2.45, 2.75) is 71.6 Å². The molecule has 0 N–H and O–H groups in total. The van der Waals surface area contributed by atoms with Gasteiger partial charge in [-0.15, -0.1) is 0 Å². The Morgan fingerprint density at radius 1 is 0.941 bits per heavy atom. The van der Waals surface area contributed by atoms with E-state index >= 15 is 0 Å². The van der Waals surface area contributed by atoms with E-state index in [4.69, 9.17) is 0 Å². The quantitative estimate of drug-likeness (QED) is 0.362. The molecule has 1 aliphatic rings. The lowest BCUT2D eigenvalue weighted by Crippen LogP contribution is -2.03. The first-order valence-electron chi connectivity index (χ1n) is 7.70. The highest BCUT2D eigenvalue weighted by molar-refractivity contribution is 4.97. The first-order chi connectivity index (χ1) is 8.38. The van der Waals surface area contributed by atoms with Gasteiger partial charge in [-0.25, -0.2) is 0 Å². The normalized spacial score (nSPS) is 25.3. The highest BCUT2D eigenvalue weighted by Gasteiger charge is 2.23. The molecule has 1 fully saturated rings. The highest BCUT2D eigenvalue weighted by atomic mass is 14.3. The summed E-state index contributed by atoms with van der Waals surface area (Å²) in [4.78, 5) is 0. The van der Waals surface area contributed by atoms with Crippen molar-refractivity contribution in [2.24, 2.45) is 11.8 Å². The maximum Gasteiger partial charge on any atom is -0.0202 e. The topological polar surface area (TPSA) is 0 Å². The molecule has 0 nitrogen and oxygen atoms in total. The molecule has 1 aliphatic carbocycles. The van der Waals surface area contributed by atoms with Gasteiger partial charge in [0, 0.05) is 0 Å². The Labute approximate surface area is 108 Å². The second-order valence-electron chi connectivity index (χ2n) is 5.42. The van der Waals surface area contributed by atoms with Crippen molar-refractivity contribution in [2.75, 3.05) is 0 Å². The minimum absolute atomic E-state index is 0.873. The van der Waals surface area contributed by atoms with Crippen LogP contribution in [0, 0.1) is 11.8 Å². The predicted octanol–water partition coefficient (Wildman–Crippen LogP) is 5.90. The lowest BCUT2D eigenvalue weighted by Gasteiger charge is -2.13. The molecule has 0 heteroatoms. The van der Waals surface area contributed by atoms with Gasteiger partial charge in [-0.1, -0.05) is 63.8 Å². The third-order valence-electron chi connectivity index (χ3n) is 3.89. The van der Waals surface area contributed by atoms with E-state index in [-0.39, 0.29) is 0 Å². The van der Waals surface area contributed by atoms with E-state index in [2.05, 4.69) is 38.2 Å². The first kappa shape index (κ1) is 14.5. The first-order valence-corrected chi connectivity index (χ1v) is 7.70. The largest absolute Gasteiger partial charge is 0.0885 e. The van der Waals surface area contributed by atoms with Crippen molar-refractivity contribution in [1.82, 2.24) is 0 Å². The Kier molecular flexibility index (Phi) is 8.13. The van der Waals surface area contributed by atoms with Crippen LogP contribution in [0.2, 0.25) is 0 Å². The zero-order valence-electron chi connectivity index (χ0n) is 11.8. The monoisotopic (exact) mass is 234 g/mol. The molecular formula is C17H30. The zero-order chi connectivity index (χ0) is 12.3. The average molecular weight is 234 g/mol. The van der Waals surface area contributed by atoms with Crippen LogP contribution in [0.4, 0.5) is 0 Å². The maximum absolute atomic E-state index is 2.50. The Morgan fingerprint density at radius 2 is 1.82 bits per heavy atom. The Hall–Kier alpha value is -0.520. The molecule has 1 saturated carbocycles. The minimum atomic E-state index is 0.873. The molecular weight excluding hydrogens is 204 g/mol. The molecule has 0 aromatic heterocycles. The van der Waals surface area contributed by atoms with Gasteiger partial charge in [0.1, 0.15) is 0 Å². The fourth-order valence-electron chi connectivity index (χ4n) is 2.76. The van der Waals surface area contributed by atoms with E-state index < -0.39 is 0 Å². The number of hydrogen-bond donors (Lipinski definition) is 0. The van der Waals surface area contributed by atoms with Gasteiger partial charge in [-0.2, -0.15) is 0 Å². The molecule has 0 aliphatic heterocycles. The summed E-state index contributed by atoms with van der Waals surface area (Å²) in [6.45, 7) is 4.52. The molecule has 0 radical (unpaired) electrons. The summed E-state index contributed by atoms with van der Waals surface area (Å²) in [5, 5.41) is 0. The SMILES string of the molecule is CCCC=C[C@H]1CCC[C@@H]1CC=CCCCC. The molecule has 0 aromatic rings. The van der Waals surface area contributed by atoms with Crippen molar-refractivity contribution in [3.63, 3.8) is 0 Å². The number of rotatable bonds is 8. The Bertz CT molecular complexity index is 224. The van der Waals surface area contributed by atoms with Crippen LogP contribution in [-0.2, 0) is 0 Å². The van der Waals surface area contributed by atoms with E-state index in [1.807, 2.05) is 0 Å². The molecule has 0 bridgehead atoms. The standard InChI is InChI=1S/C17H30/c1-3-5-7-8-10-13-17-15-11-14-16(17)12-9-6-4-2/h8-10,12,16-17H,3-7,11,13-15H2,1-2H3/t16-,17-/m0/s1.